The Bertz CT molecular complexity index is 460. The van der Waals surface area contributed by atoms with E-state index < -0.39 is 0 Å². The maximum atomic E-state index is 5.44. The van der Waals surface area contributed by atoms with E-state index >= 15 is 0 Å². The largest absolute Gasteiger partial charge is 0.444 e. The topological polar surface area (TPSA) is 66.7 Å². The van der Waals surface area contributed by atoms with Crippen LogP contribution in [-0.2, 0) is 6.54 Å². The lowest BCUT2D eigenvalue weighted by molar-refractivity contribution is 0.401. The molecule has 5 heteroatoms. The van der Waals surface area contributed by atoms with Crippen molar-refractivity contribution in [1.29, 1.82) is 0 Å². The fourth-order valence-electron chi connectivity index (χ4n) is 1.48. The lowest BCUT2D eigenvalue weighted by Gasteiger charge is -2.08. The molecule has 1 unspecified atom stereocenters. The lowest BCUT2D eigenvalue weighted by Crippen LogP contribution is -2.18. The van der Waals surface area contributed by atoms with Crippen LogP contribution in [0.3, 0.4) is 0 Å². The molecule has 0 spiro atoms. The Hall–Kier alpha value is -1.62. The van der Waals surface area contributed by atoms with Crippen LogP contribution in [0, 0.1) is 13.8 Å². The number of aromatic amines is 1. The first-order chi connectivity index (χ1) is 7.65. The first-order valence-corrected chi connectivity index (χ1v) is 5.31. The molecule has 2 heterocycles. The second-order valence-corrected chi connectivity index (χ2v) is 3.91. The van der Waals surface area contributed by atoms with Gasteiger partial charge in [0.2, 0.25) is 5.89 Å². The van der Waals surface area contributed by atoms with Gasteiger partial charge in [0.25, 0.3) is 0 Å². The number of rotatable bonds is 4. The molecular weight excluding hydrogens is 204 g/mol. The fraction of sp³-hybridized carbons (Fsp3) is 0.455. The van der Waals surface area contributed by atoms with E-state index in [4.69, 9.17) is 4.42 Å². The molecule has 2 aromatic heterocycles. The van der Waals surface area contributed by atoms with Crippen molar-refractivity contribution >= 4 is 0 Å². The molecule has 2 aromatic rings. The minimum absolute atomic E-state index is 0.0947. The highest BCUT2D eigenvalue weighted by Crippen LogP contribution is 2.12. The van der Waals surface area contributed by atoms with Gasteiger partial charge in [-0.3, -0.25) is 0 Å². The summed E-state index contributed by atoms with van der Waals surface area (Å²) in [6.07, 6.45) is 3.56. The van der Waals surface area contributed by atoms with Crippen LogP contribution in [0.2, 0.25) is 0 Å². The molecule has 2 N–H and O–H groups in total. The summed E-state index contributed by atoms with van der Waals surface area (Å²) in [5.41, 5.74) is 1.06. The number of H-pyrrole nitrogens is 1. The van der Waals surface area contributed by atoms with E-state index in [0.717, 1.165) is 23.8 Å². The average molecular weight is 220 g/mol. The number of aromatic nitrogens is 3. The smallest absolute Gasteiger partial charge is 0.211 e. The molecule has 0 amide bonds. The molecule has 0 aliphatic rings. The van der Waals surface area contributed by atoms with Crippen molar-refractivity contribution < 1.29 is 4.42 Å². The zero-order chi connectivity index (χ0) is 11.5. The van der Waals surface area contributed by atoms with E-state index in [2.05, 4.69) is 20.3 Å². The van der Waals surface area contributed by atoms with Gasteiger partial charge in [-0.05, 0) is 20.8 Å². The quantitative estimate of drug-likeness (QED) is 0.825. The molecule has 0 saturated heterocycles. The van der Waals surface area contributed by atoms with Gasteiger partial charge < -0.3 is 14.7 Å². The number of aryl methyl sites for hydroxylation is 2. The van der Waals surface area contributed by atoms with Gasteiger partial charge in [-0.15, -0.1) is 0 Å². The molecule has 0 aliphatic heterocycles. The number of nitrogens with zero attached hydrogens (tertiary/aromatic N) is 2. The van der Waals surface area contributed by atoms with Crippen molar-refractivity contribution in [1.82, 2.24) is 20.3 Å². The zero-order valence-corrected chi connectivity index (χ0v) is 9.74. The van der Waals surface area contributed by atoms with Crippen LogP contribution in [0.5, 0.6) is 0 Å². The van der Waals surface area contributed by atoms with Gasteiger partial charge >= 0.3 is 0 Å². The third kappa shape index (κ3) is 2.49. The molecule has 0 aromatic carbocycles. The summed E-state index contributed by atoms with van der Waals surface area (Å²) >= 11 is 0. The van der Waals surface area contributed by atoms with Crippen LogP contribution >= 0.6 is 0 Å². The van der Waals surface area contributed by atoms with Crippen molar-refractivity contribution in [3.05, 3.63) is 35.6 Å². The van der Waals surface area contributed by atoms with Crippen LogP contribution in [0.15, 0.2) is 16.8 Å². The van der Waals surface area contributed by atoms with Crippen LogP contribution in [0.4, 0.5) is 0 Å². The Morgan fingerprint density at radius 1 is 1.38 bits per heavy atom. The first-order valence-electron chi connectivity index (χ1n) is 5.31. The minimum Gasteiger partial charge on any atom is -0.444 e. The third-order valence-electron chi connectivity index (χ3n) is 2.36. The fourth-order valence-corrected chi connectivity index (χ4v) is 1.48. The van der Waals surface area contributed by atoms with E-state index in [1.54, 1.807) is 6.20 Å². The van der Waals surface area contributed by atoms with Gasteiger partial charge in [-0.1, -0.05) is 0 Å². The van der Waals surface area contributed by atoms with Crippen LogP contribution in [0.25, 0.3) is 0 Å². The average Bonchev–Trinajstić information content (AvgIpc) is 2.84. The molecule has 0 fully saturated rings. The first kappa shape index (κ1) is 10.9. The maximum Gasteiger partial charge on any atom is 0.211 e. The predicted octanol–water partition coefficient (Wildman–Crippen LogP) is 1.87. The van der Waals surface area contributed by atoms with Gasteiger partial charge in [0, 0.05) is 18.4 Å². The molecule has 2 rings (SSSR count). The highest BCUT2D eigenvalue weighted by atomic mass is 16.4. The highest BCUT2D eigenvalue weighted by molar-refractivity contribution is 5.01. The van der Waals surface area contributed by atoms with Crippen LogP contribution in [-0.4, -0.2) is 15.0 Å². The Balaban J connectivity index is 1.91. The summed E-state index contributed by atoms with van der Waals surface area (Å²) in [6, 6.07) is 0.0947. The Labute approximate surface area is 94.3 Å². The molecular formula is C11H16N4O. The monoisotopic (exact) mass is 220 g/mol. The Kier molecular flexibility index (Phi) is 3.05. The second-order valence-electron chi connectivity index (χ2n) is 3.91. The molecule has 16 heavy (non-hydrogen) atoms. The van der Waals surface area contributed by atoms with Gasteiger partial charge in [-0.2, -0.15) is 0 Å². The van der Waals surface area contributed by atoms with Crippen molar-refractivity contribution in [2.75, 3.05) is 0 Å². The van der Waals surface area contributed by atoms with Crippen LogP contribution in [0.1, 0.15) is 36.1 Å². The molecule has 5 nitrogen and oxygen atoms in total. The Morgan fingerprint density at radius 2 is 2.19 bits per heavy atom. The summed E-state index contributed by atoms with van der Waals surface area (Å²) < 4.78 is 5.44. The second kappa shape index (κ2) is 4.49. The molecule has 0 bridgehead atoms. The van der Waals surface area contributed by atoms with Gasteiger partial charge in [0.15, 0.2) is 0 Å². The molecule has 1 atom stereocenters. The predicted molar refractivity (Wildman–Crippen MR) is 59.8 cm³/mol. The van der Waals surface area contributed by atoms with E-state index in [9.17, 15) is 0 Å². The van der Waals surface area contributed by atoms with E-state index in [1.165, 1.54) is 0 Å². The summed E-state index contributed by atoms with van der Waals surface area (Å²) in [7, 11) is 0. The molecule has 0 radical (unpaired) electrons. The number of hydrogen-bond donors (Lipinski definition) is 2. The standard InChI is InChI=1S/C11H16N4O/c1-7-4-14-11(16-7)8(2)12-5-10-6-13-9(3)15-10/h4,6,8,12H,5H2,1-3H3,(H,13,15). The number of oxazole rings is 1. The van der Waals surface area contributed by atoms with Gasteiger partial charge in [-0.25, -0.2) is 9.97 Å². The molecule has 86 valence electrons. The van der Waals surface area contributed by atoms with Crippen molar-refractivity contribution in [3.63, 3.8) is 0 Å². The number of imidazole rings is 1. The van der Waals surface area contributed by atoms with Crippen LogP contribution < -0.4 is 5.32 Å². The summed E-state index contributed by atoms with van der Waals surface area (Å²) in [4.78, 5) is 11.5. The highest BCUT2D eigenvalue weighted by Gasteiger charge is 2.10. The normalized spacial score (nSPS) is 12.9. The van der Waals surface area contributed by atoms with E-state index in [1.807, 2.05) is 27.0 Å². The summed E-state index contributed by atoms with van der Waals surface area (Å²) in [5, 5.41) is 3.31. The zero-order valence-electron chi connectivity index (χ0n) is 9.74. The minimum atomic E-state index is 0.0947. The SMILES string of the molecule is Cc1ncc(CNC(C)c2ncc(C)o2)[nH]1. The molecule has 0 saturated carbocycles. The third-order valence-corrected chi connectivity index (χ3v) is 2.36. The molecule has 0 aliphatic carbocycles. The number of nitrogens with one attached hydrogen (secondary N) is 2. The number of hydrogen-bond acceptors (Lipinski definition) is 4. The van der Waals surface area contributed by atoms with Gasteiger partial charge in [0.05, 0.1) is 12.2 Å². The Morgan fingerprint density at radius 3 is 2.75 bits per heavy atom. The summed E-state index contributed by atoms with van der Waals surface area (Å²) in [6.45, 7) is 6.57. The van der Waals surface area contributed by atoms with Crippen molar-refractivity contribution in [3.8, 4) is 0 Å². The van der Waals surface area contributed by atoms with Crippen molar-refractivity contribution in [2.24, 2.45) is 0 Å². The maximum absolute atomic E-state index is 5.44. The van der Waals surface area contributed by atoms with E-state index in [-0.39, 0.29) is 6.04 Å². The lowest BCUT2D eigenvalue weighted by atomic mass is 10.3. The summed E-state index contributed by atoms with van der Waals surface area (Å²) in [5.74, 6) is 2.48. The van der Waals surface area contributed by atoms with Crippen molar-refractivity contribution in [2.45, 2.75) is 33.4 Å². The van der Waals surface area contributed by atoms with E-state index in [0.29, 0.717) is 5.89 Å². The van der Waals surface area contributed by atoms with Gasteiger partial charge in [0.1, 0.15) is 11.6 Å².